The van der Waals surface area contributed by atoms with Crippen LogP contribution in [0.15, 0.2) is 33.5 Å². The van der Waals surface area contributed by atoms with E-state index in [1.165, 1.54) is 6.07 Å². The Balaban J connectivity index is 1.59. The van der Waals surface area contributed by atoms with Crippen LogP contribution in [0.1, 0.15) is 19.4 Å². The van der Waals surface area contributed by atoms with Crippen molar-refractivity contribution in [2.75, 3.05) is 26.2 Å². The Bertz CT molecular complexity index is 777. The predicted molar refractivity (Wildman–Crippen MR) is 95.2 cm³/mol. The molecule has 1 aliphatic rings. The maximum Gasteiger partial charge on any atom is 0.336 e. The zero-order valence-electron chi connectivity index (χ0n) is 14.9. The van der Waals surface area contributed by atoms with E-state index in [1.54, 1.807) is 6.07 Å². The number of hydrogen-bond donors (Lipinski definition) is 1. The number of nitrogens with zero attached hydrogens (tertiary/aromatic N) is 1. The lowest BCUT2D eigenvalue weighted by Crippen LogP contribution is -2.48. The lowest BCUT2D eigenvalue weighted by atomic mass is 10.1. The van der Waals surface area contributed by atoms with Crippen LogP contribution in [0.5, 0.6) is 5.75 Å². The van der Waals surface area contributed by atoms with Gasteiger partial charge < -0.3 is 19.0 Å². The van der Waals surface area contributed by atoms with Crippen molar-refractivity contribution in [2.45, 2.75) is 39.1 Å². The van der Waals surface area contributed by atoms with Gasteiger partial charge in [-0.2, -0.15) is 0 Å². The van der Waals surface area contributed by atoms with Crippen molar-refractivity contribution in [2.24, 2.45) is 0 Å². The molecule has 136 valence electrons. The number of aryl methyl sites for hydroxylation is 1. The summed E-state index contributed by atoms with van der Waals surface area (Å²) in [5, 5.41) is 11.1. The van der Waals surface area contributed by atoms with Crippen molar-refractivity contribution in [3.05, 3.63) is 40.2 Å². The van der Waals surface area contributed by atoms with E-state index in [0.717, 1.165) is 24.0 Å². The Labute approximate surface area is 147 Å². The number of rotatable bonds is 5. The van der Waals surface area contributed by atoms with Crippen molar-refractivity contribution in [3.8, 4) is 5.75 Å². The molecule has 1 saturated heterocycles. The van der Waals surface area contributed by atoms with Crippen LogP contribution >= 0.6 is 0 Å². The van der Waals surface area contributed by atoms with Crippen LogP contribution in [-0.4, -0.2) is 54.6 Å². The third-order valence-electron chi connectivity index (χ3n) is 4.33. The van der Waals surface area contributed by atoms with Crippen LogP contribution in [0.4, 0.5) is 0 Å². The molecule has 1 N–H and O–H groups in total. The van der Waals surface area contributed by atoms with Gasteiger partial charge in [-0.15, -0.1) is 0 Å². The number of morpholine rings is 1. The highest BCUT2D eigenvalue weighted by Gasteiger charge is 2.24. The molecule has 3 unspecified atom stereocenters. The predicted octanol–water partition coefficient (Wildman–Crippen LogP) is 1.95. The summed E-state index contributed by atoms with van der Waals surface area (Å²) in [6.45, 7) is 8.28. The van der Waals surface area contributed by atoms with Crippen molar-refractivity contribution < 1.29 is 19.0 Å². The number of aliphatic hydroxyl groups excluding tert-OH is 1. The van der Waals surface area contributed by atoms with Crippen LogP contribution in [0.25, 0.3) is 11.0 Å². The van der Waals surface area contributed by atoms with Gasteiger partial charge in [0.05, 0.1) is 12.2 Å². The fourth-order valence-electron chi connectivity index (χ4n) is 3.37. The molecule has 1 fully saturated rings. The highest BCUT2D eigenvalue weighted by Crippen LogP contribution is 2.22. The summed E-state index contributed by atoms with van der Waals surface area (Å²) < 4.78 is 16.6. The molecule has 6 nitrogen and oxygen atoms in total. The highest BCUT2D eigenvalue weighted by molar-refractivity contribution is 5.81. The molecule has 0 aliphatic carbocycles. The van der Waals surface area contributed by atoms with Gasteiger partial charge in [0.25, 0.3) is 0 Å². The second-order valence-corrected chi connectivity index (χ2v) is 6.85. The van der Waals surface area contributed by atoms with Gasteiger partial charge in [-0.3, -0.25) is 4.90 Å². The molecule has 25 heavy (non-hydrogen) atoms. The molecule has 0 radical (unpaired) electrons. The van der Waals surface area contributed by atoms with Gasteiger partial charge in [0.2, 0.25) is 0 Å². The molecular formula is C19H25NO5. The minimum Gasteiger partial charge on any atom is -0.491 e. The van der Waals surface area contributed by atoms with Crippen LogP contribution in [0.2, 0.25) is 0 Å². The zero-order valence-corrected chi connectivity index (χ0v) is 14.9. The van der Waals surface area contributed by atoms with Crippen molar-refractivity contribution in [1.29, 1.82) is 0 Å². The van der Waals surface area contributed by atoms with E-state index in [0.29, 0.717) is 17.9 Å². The second-order valence-electron chi connectivity index (χ2n) is 6.85. The molecule has 3 atom stereocenters. The van der Waals surface area contributed by atoms with Gasteiger partial charge in [-0.1, -0.05) is 0 Å². The lowest BCUT2D eigenvalue weighted by molar-refractivity contribution is -0.0786. The summed E-state index contributed by atoms with van der Waals surface area (Å²) in [7, 11) is 0. The van der Waals surface area contributed by atoms with Crippen LogP contribution < -0.4 is 10.4 Å². The topological polar surface area (TPSA) is 72.1 Å². The fraction of sp³-hybridized carbons (Fsp3) is 0.526. The minimum atomic E-state index is -0.599. The maximum absolute atomic E-state index is 11.5. The Morgan fingerprint density at radius 1 is 1.28 bits per heavy atom. The molecule has 0 spiro atoms. The monoisotopic (exact) mass is 347 g/mol. The van der Waals surface area contributed by atoms with E-state index in [9.17, 15) is 9.90 Å². The second kappa shape index (κ2) is 7.56. The Morgan fingerprint density at radius 2 is 2.00 bits per heavy atom. The van der Waals surface area contributed by atoms with Gasteiger partial charge in [0, 0.05) is 37.2 Å². The summed E-state index contributed by atoms with van der Waals surface area (Å²) in [4.78, 5) is 13.7. The largest absolute Gasteiger partial charge is 0.491 e. The first-order valence-corrected chi connectivity index (χ1v) is 8.64. The number of aliphatic hydroxyl groups is 1. The number of fused-ring (bicyclic) bond motifs is 1. The molecule has 2 aromatic rings. The maximum atomic E-state index is 11.5. The Hall–Kier alpha value is -1.89. The van der Waals surface area contributed by atoms with E-state index in [2.05, 4.69) is 4.90 Å². The zero-order chi connectivity index (χ0) is 18.0. The summed E-state index contributed by atoms with van der Waals surface area (Å²) in [5.41, 5.74) is 0.985. The molecule has 1 aliphatic heterocycles. The molecule has 0 amide bonds. The highest BCUT2D eigenvalue weighted by atomic mass is 16.5. The Morgan fingerprint density at radius 3 is 2.72 bits per heavy atom. The fourth-order valence-corrected chi connectivity index (χ4v) is 3.37. The third-order valence-corrected chi connectivity index (χ3v) is 4.33. The lowest BCUT2D eigenvalue weighted by Gasteiger charge is -2.36. The molecular weight excluding hydrogens is 322 g/mol. The third kappa shape index (κ3) is 4.60. The number of benzene rings is 1. The normalized spacial score (nSPS) is 22.9. The summed E-state index contributed by atoms with van der Waals surface area (Å²) >= 11 is 0. The van der Waals surface area contributed by atoms with Gasteiger partial charge in [-0.05, 0) is 38.5 Å². The van der Waals surface area contributed by atoms with Crippen molar-refractivity contribution >= 4 is 11.0 Å². The molecule has 3 rings (SSSR count). The smallest absolute Gasteiger partial charge is 0.336 e. The molecule has 6 heteroatoms. The van der Waals surface area contributed by atoms with Gasteiger partial charge >= 0.3 is 5.63 Å². The number of hydrogen-bond acceptors (Lipinski definition) is 6. The average Bonchev–Trinajstić information content (AvgIpc) is 2.51. The van der Waals surface area contributed by atoms with Crippen LogP contribution in [-0.2, 0) is 4.74 Å². The SMILES string of the molecule is Cc1cc(=O)oc2cc(OCC(O)CN3CC(C)OC(C)C3)ccc12. The van der Waals surface area contributed by atoms with Gasteiger partial charge in [0.15, 0.2) is 0 Å². The van der Waals surface area contributed by atoms with Crippen molar-refractivity contribution in [1.82, 2.24) is 4.90 Å². The molecule has 1 aromatic carbocycles. The van der Waals surface area contributed by atoms with Gasteiger partial charge in [-0.25, -0.2) is 4.79 Å². The van der Waals surface area contributed by atoms with E-state index in [4.69, 9.17) is 13.9 Å². The number of β-amino-alcohol motifs (C(OH)–C–C–N with tert-alkyl or cyclic N) is 1. The molecule has 2 heterocycles. The quantitative estimate of drug-likeness (QED) is 0.834. The van der Waals surface area contributed by atoms with E-state index in [1.807, 2.05) is 32.9 Å². The average molecular weight is 347 g/mol. The van der Waals surface area contributed by atoms with E-state index >= 15 is 0 Å². The summed E-state index contributed by atoms with van der Waals surface area (Å²) in [6.07, 6.45) is -0.260. The van der Waals surface area contributed by atoms with E-state index in [-0.39, 0.29) is 24.4 Å². The van der Waals surface area contributed by atoms with Crippen LogP contribution in [0, 0.1) is 6.92 Å². The first-order chi connectivity index (χ1) is 11.9. The minimum absolute atomic E-state index is 0.170. The first kappa shape index (κ1) is 17.9. The van der Waals surface area contributed by atoms with E-state index < -0.39 is 6.10 Å². The van der Waals surface area contributed by atoms with Gasteiger partial charge in [0.1, 0.15) is 24.0 Å². The summed E-state index contributed by atoms with van der Waals surface area (Å²) in [5.74, 6) is 0.573. The molecule has 1 aromatic heterocycles. The molecule has 0 saturated carbocycles. The summed E-state index contributed by atoms with van der Waals surface area (Å²) in [6, 6.07) is 6.84. The standard InChI is InChI=1S/C19H25NO5/c1-12-6-19(22)25-18-7-16(4-5-17(12)18)23-11-15(21)10-20-8-13(2)24-14(3)9-20/h4-7,13-15,21H,8-11H2,1-3H3. The first-order valence-electron chi connectivity index (χ1n) is 8.64. The Kier molecular flexibility index (Phi) is 5.42. The number of ether oxygens (including phenoxy) is 2. The van der Waals surface area contributed by atoms with Crippen molar-refractivity contribution in [3.63, 3.8) is 0 Å². The van der Waals surface area contributed by atoms with Crippen LogP contribution in [0.3, 0.4) is 0 Å². The molecule has 0 bridgehead atoms.